The maximum Gasteiger partial charge on any atom is 0.305 e. The van der Waals surface area contributed by atoms with Gasteiger partial charge in [0.15, 0.2) is 0 Å². The fraction of sp³-hybridized carbons (Fsp3) is 0.359. The van der Waals surface area contributed by atoms with Crippen LogP contribution in [0.1, 0.15) is 83.6 Å². The molecule has 2 heteroatoms. The van der Waals surface area contributed by atoms with Crippen LogP contribution in [-0.2, 0) is 9.53 Å². The minimum Gasteiger partial charge on any atom is -0.460 e. The first-order valence-corrected chi connectivity index (χ1v) is 14.8. The van der Waals surface area contributed by atoms with E-state index in [2.05, 4.69) is 104 Å². The van der Waals surface area contributed by atoms with Crippen molar-refractivity contribution in [3.63, 3.8) is 0 Å². The Bertz CT molecular complexity index is 1610. The summed E-state index contributed by atoms with van der Waals surface area (Å²) < 4.78 is 6.71. The Kier molecular flexibility index (Phi) is 6.84. The molecule has 0 heterocycles. The van der Waals surface area contributed by atoms with Gasteiger partial charge in [0.25, 0.3) is 0 Å². The maximum atomic E-state index is 13.4. The molecule has 2 nitrogen and oxygen atoms in total. The summed E-state index contributed by atoms with van der Waals surface area (Å²) in [5.41, 5.74) is 12.1. The van der Waals surface area contributed by atoms with Gasteiger partial charge in [0.05, 0.1) is 5.41 Å². The van der Waals surface area contributed by atoms with Gasteiger partial charge in [-0.1, -0.05) is 112 Å². The largest absolute Gasteiger partial charge is 0.460 e. The van der Waals surface area contributed by atoms with E-state index in [0.717, 1.165) is 45.4 Å². The highest BCUT2D eigenvalue weighted by Crippen LogP contribution is 2.73. The minimum absolute atomic E-state index is 0.184. The van der Waals surface area contributed by atoms with Crippen molar-refractivity contribution in [2.75, 3.05) is 0 Å². The molecule has 212 valence electrons. The molecule has 4 unspecified atom stereocenters. The molecule has 0 saturated heterocycles. The lowest BCUT2D eigenvalue weighted by atomic mass is 9.39. The Balaban J connectivity index is 1.97. The molecule has 41 heavy (non-hydrogen) atoms. The lowest BCUT2D eigenvalue weighted by molar-refractivity contribution is -0.171. The number of ether oxygens (including phenoxy) is 1. The summed E-state index contributed by atoms with van der Waals surface area (Å²) in [6, 6.07) is 17.0. The molecule has 0 bridgehead atoms. The fourth-order valence-electron chi connectivity index (χ4n) is 8.63. The molecule has 3 aliphatic carbocycles. The number of esters is 1. The van der Waals surface area contributed by atoms with E-state index in [4.69, 9.17) is 17.9 Å². The maximum absolute atomic E-state index is 13.4. The zero-order valence-electron chi connectivity index (χ0n) is 26.1. The van der Waals surface area contributed by atoms with E-state index in [9.17, 15) is 4.79 Å². The number of benzene rings is 2. The summed E-state index contributed by atoms with van der Waals surface area (Å²) in [4.78, 5) is 13.4. The highest BCUT2D eigenvalue weighted by molar-refractivity contribution is 6.03. The van der Waals surface area contributed by atoms with Crippen LogP contribution in [-0.4, -0.2) is 12.1 Å². The van der Waals surface area contributed by atoms with Crippen molar-refractivity contribution in [3.8, 4) is 0 Å². The number of carbonyl (C=O) groups is 1. The van der Waals surface area contributed by atoms with Gasteiger partial charge in [-0.05, 0) is 91.2 Å². The van der Waals surface area contributed by atoms with Gasteiger partial charge in [0, 0.05) is 17.3 Å². The normalized spacial score (nSPS) is 30.1. The summed E-state index contributed by atoms with van der Waals surface area (Å²) in [6.45, 7) is 31.3. The second kappa shape index (κ2) is 9.72. The molecule has 4 atom stereocenters. The molecule has 2 aromatic carbocycles. The topological polar surface area (TPSA) is 26.3 Å². The molecule has 0 aliphatic heterocycles. The van der Waals surface area contributed by atoms with Gasteiger partial charge in [0.1, 0.15) is 6.10 Å². The molecule has 0 radical (unpaired) electrons. The van der Waals surface area contributed by atoms with Crippen LogP contribution >= 0.6 is 0 Å². The summed E-state index contributed by atoms with van der Waals surface area (Å²) in [5.74, 6) is -0.184. The first-order valence-electron chi connectivity index (χ1n) is 14.8. The van der Waals surface area contributed by atoms with Crippen molar-refractivity contribution in [2.45, 2.75) is 74.3 Å². The Labute approximate surface area is 246 Å². The molecule has 3 aliphatic rings. The summed E-state index contributed by atoms with van der Waals surface area (Å²) in [7, 11) is 0. The van der Waals surface area contributed by atoms with Crippen LogP contribution < -0.4 is 0 Å². The molecule has 0 N–H and O–H groups in total. The second-order valence-electron chi connectivity index (χ2n) is 13.0. The van der Waals surface area contributed by atoms with Crippen molar-refractivity contribution in [2.24, 2.45) is 16.2 Å². The molecular formula is C39H44O2. The Hall–Kier alpha value is -3.65. The third kappa shape index (κ3) is 3.79. The van der Waals surface area contributed by atoms with Crippen LogP contribution in [0.2, 0.25) is 0 Å². The van der Waals surface area contributed by atoms with Crippen molar-refractivity contribution >= 4 is 23.2 Å². The van der Waals surface area contributed by atoms with E-state index >= 15 is 0 Å². The molecule has 0 saturated carbocycles. The van der Waals surface area contributed by atoms with Crippen LogP contribution in [0.15, 0.2) is 102 Å². The number of carbonyl (C=O) groups excluding carboxylic acids is 1. The first kappa shape index (κ1) is 28.9. The number of rotatable bonds is 4. The molecular weight excluding hydrogens is 500 g/mol. The molecule has 0 fully saturated rings. The highest BCUT2D eigenvalue weighted by Gasteiger charge is 2.67. The average molecular weight is 545 g/mol. The van der Waals surface area contributed by atoms with Crippen molar-refractivity contribution in [3.05, 3.63) is 124 Å². The van der Waals surface area contributed by atoms with E-state index < -0.39 is 22.3 Å². The SMILES string of the molecule is C=C(C)C1=C(C)CC2(C)C(OC(=O)CC)C3(C)C(=Cc4ccccc4)c4cccc(C)c4C(=C)C3=C(C)C2(C)C1=C. The van der Waals surface area contributed by atoms with Gasteiger partial charge in [0.2, 0.25) is 0 Å². The predicted molar refractivity (Wildman–Crippen MR) is 173 cm³/mol. The molecule has 0 amide bonds. The molecule has 0 aromatic heterocycles. The summed E-state index contributed by atoms with van der Waals surface area (Å²) >= 11 is 0. The third-order valence-corrected chi connectivity index (χ3v) is 10.7. The molecule has 2 aromatic rings. The Morgan fingerprint density at radius 3 is 2.29 bits per heavy atom. The number of hydrogen-bond acceptors (Lipinski definition) is 2. The lowest BCUT2D eigenvalue weighted by Gasteiger charge is -2.65. The average Bonchev–Trinajstić information content (AvgIpc) is 2.92. The second-order valence-corrected chi connectivity index (χ2v) is 13.0. The van der Waals surface area contributed by atoms with Crippen LogP contribution in [0.4, 0.5) is 0 Å². The predicted octanol–water partition coefficient (Wildman–Crippen LogP) is 10.1. The first-order chi connectivity index (χ1) is 19.2. The minimum atomic E-state index is -0.641. The van der Waals surface area contributed by atoms with E-state index in [-0.39, 0.29) is 5.97 Å². The third-order valence-electron chi connectivity index (χ3n) is 10.7. The molecule has 0 spiro atoms. The van der Waals surface area contributed by atoms with E-state index in [1.807, 2.05) is 13.0 Å². The number of hydrogen-bond donors (Lipinski definition) is 0. The molecule has 5 rings (SSSR count). The lowest BCUT2D eigenvalue weighted by Crippen LogP contribution is -2.62. The van der Waals surface area contributed by atoms with Crippen LogP contribution in [0.5, 0.6) is 0 Å². The number of allylic oxidation sites excluding steroid dienone is 6. The van der Waals surface area contributed by atoms with Gasteiger partial charge in [-0.2, -0.15) is 0 Å². The summed E-state index contributed by atoms with van der Waals surface area (Å²) in [6.07, 6.45) is 2.94. The summed E-state index contributed by atoms with van der Waals surface area (Å²) in [5, 5.41) is 0. The smallest absolute Gasteiger partial charge is 0.305 e. The van der Waals surface area contributed by atoms with Crippen molar-refractivity contribution in [1.82, 2.24) is 0 Å². The van der Waals surface area contributed by atoms with Crippen LogP contribution in [0.3, 0.4) is 0 Å². The van der Waals surface area contributed by atoms with Crippen LogP contribution in [0, 0.1) is 23.2 Å². The van der Waals surface area contributed by atoms with Gasteiger partial charge < -0.3 is 4.74 Å². The van der Waals surface area contributed by atoms with Gasteiger partial charge in [-0.15, -0.1) is 0 Å². The monoisotopic (exact) mass is 544 g/mol. The van der Waals surface area contributed by atoms with Crippen molar-refractivity contribution in [1.29, 1.82) is 0 Å². The van der Waals surface area contributed by atoms with Crippen LogP contribution in [0.25, 0.3) is 17.2 Å². The Morgan fingerprint density at radius 2 is 1.68 bits per heavy atom. The fourth-order valence-corrected chi connectivity index (χ4v) is 8.63. The Morgan fingerprint density at radius 1 is 1.02 bits per heavy atom. The quantitative estimate of drug-likeness (QED) is 0.358. The zero-order chi connectivity index (χ0) is 30.1. The van der Waals surface area contributed by atoms with E-state index in [1.165, 1.54) is 27.8 Å². The number of aryl methyl sites for hydroxylation is 1. The van der Waals surface area contributed by atoms with Gasteiger partial charge >= 0.3 is 5.97 Å². The number of fused-ring (bicyclic) bond motifs is 3. The van der Waals surface area contributed by atoms with E-state index in [1.54, 1.807) is 0 Å². The van der Waals surface area contributed by atoms with Gasteiger partial charge in [-0.3, -0.25) is 4.79 Å². The highest BCUT2D eigenvalue weighted by atomic mass is 16.5. The zero-order valence-corrected chi connectivity index (χ0v) is 26.1. The van der Waals surface area contributed by atoms with Gasteiger partial charge in [-0.25, -0.2) is 0 Å². The standard InChI is InChI=1S/C39H44O2/c1-12-32(40)41-36-37(9)22-25(5)33(23(2)3)27(7)39(37,11)28(8)35-26(6)34-24(4)17-16-20-30(34)31(38(35,36)10)21-29-18-14-13-15-19-29/h13-21,36H,2,6-7,12,22H2,1,3-5,8-11H3. The van der Waals surface area contributed by atoms with E-state index in [0.29, 0.717) is 6.42 Å². The van der Waals surface area contributed by atoms with Crippen molar-refractivity contribution < 1.29 is 9.53 Å².